The van der Waals surface area contributed by atoms with Crippen LogP contribution in [0.25, 0.3) is 0 Å². The quantitative estimate of drug-likeness (QED) is 0.898. The van der Waals surface area contributed by atoms with Gasteiger partial charge in [-0.25, -0.2) is 13.1 Å². The minimum absolute atomic E-state index is 0.550. The Morgan fingerprint density at radius 3 is 2.33 bits per heavy atom. The van der Waals surface area contributed by atoms with Crippen LogP contribution in [0, 0.1) is 0 Å². The fourth-order valence-corrected chi connectivity index (χ4v) is 4.48. The third-order valence-electron chi connectivity index (χ3n) is 3.30. The maximum atomic E-state index is 12.7. The number of hydrogen-bond donors (Lipinski definition) is 2. The van der Waals surface area contributed by atoms with Gasteiger partial charge in [-0.2, -0.15) is 0 Å². The van der Waals surface area contributed by atoms with Gasteiger partial charge in [0, 0.05) is 5.54 Å². The molecular formula is C16H22N2O2S. The normalized spacial score (nSPS) is 26.0. The largest absolute Gasteiger partial charge is 0.317 e. The molecule has 0 heterocycles. The van der Waals surface area contributed by atoms with Gasteiger partial charge in [0.15, 0.2) is 0 Å². The second-order valence-corrected chi connectivity index (χ2v) is 8.16. The lowest BCUT2D eigenvalue weighted by molar-refractivity contribution is 0.467. The number of nitrogens with two attached hydrogens (primary N) is 1. The molecule has 2 unspecified atom stereocenters. The van der Waals surface area contributed by atoms with Crippen LogP contribution in [0.4, 0.5) is 0 Å². The predicted molar refractivity (Wildman–Crippen MR) is 86.2 cm³/mol. The van der Waals surface area contributed by atoms with E-state index in [-0.39, 0.29) is 0 Å². The van der Waals surface area contributed by atoms with E-state index in [2.05, 4.69) is 4.72 Å². The van der Waals surface area contributed by atoms with Crippen molar-refractivity contribution in [2.24, 2.45) is 5.73 Å². The standard InChI is InChI=1S/C16H22N2O2S/c1-15(2,3)18-21(19,20)14-11-7-8-12-16(14,17)13-9-5-4-6-10-13/h4-12,14,18H,17H2,1-3H3. The number of sulfonamides is 1. The molecule has 0 fully saturated rings. The third kappa shape index (κ3) is 3.43. The first-order valence-electron chi connectivity index (χ1n) is 6.88. The molecule has 21 heavy (non-hydrogen) atoms. The zero-order valence-electron chi connectivity index (χ0n) is 12.6. The summed E-state index contributed by atoms with van der Waals surface area (Å²) in [6.45, 7) is 5.44. The van der Waals surface area contributed by atoms with E-state index in [1.54, 1.807) is 24.3 Å². The number of allylic oxidation sites excluding steroid dienone is 2. The number of rotatable bonds is 3. The Morgan fingerprint density at radius 1 is 1.14 bits per heavy atom. The van der Waals surface area contributed by atoms with Gasteiger partial charge in [0.2, 0.25) is 10.0 Å². The Bertz CT molecular complexity index is 657. The SMILES string of the molecule is CC(C)(C)NS(=O)(=O)C1C=CC=CC1(N)c1ccccc1. The van der Waals surface area contributed by atoms with Crippen molar-refractivity contribution in [1.82, 2.24) is 4.72 Å². The smallest absolute Gasteiger partial charge is 0.221 e. The van der Waals surface area contributed by atoms with E-state index in [0.717, 1.165) is 5.56 Å². The highest BCUT2D eigenvalue weighted by atomic mass is 32.2. The minimum atomic E-state index is -3.61. The van der Waals surface area contributed by atoms with Crippen molar-refractivity contribution < 1.29 is 8.42 Å². The van der Waals surface area contributed by atoms with E-state index in [0.29, 0.717) is 0 Å². The molecule has 1 aliphatic carbocycles. The number of hydrogen-bond acceptors (Lipinski definition) is 3. The zero-order chi connectivity index (χ0) is 15.7. The third-order valence-corrected chi connectivity index (χ3v) is 5.41. The highest BCUT2D eigenvalue weighted by molar-refractivity contribution is 7.90. The van der Waals surface area contributed by atoms with E-state index >= 15 is 0 Å². The monoisotopic (exact) mass is 306 g/mol. The van der Waals surface area contributed by atoms with Crippen LogP contribution in [0.2, 0.25) is 0 Å². The van der Waals surface area contributed by atoms with Gasteiger partial charge in [0.25, 0.3) is 0 Å². The zero-order valence-corrected chi connectivity index (χ0v) is 13.4. The van der Waals surface area contributed by atoms with Crippen molar-refractivity contribution in [3.8, 4) is 0 Å². The fraction of sp³-hybridized carbons (Fsp3) is 0.375. The maximum Gasteiger partial charge on any atom is 0.221 e. The van der Waals surface area contributed by atoms with Gasteiger partial charge >= 0.3 is 0 Å². The highest BCUT2D eigenvalue weighted by Crippen LogP contribution is 2.32. The summed E-state index contributed by atoms with van der Waals surface area (Å²) in [4.78, 5) is 0. The topological polar surface area (TPSA) is 72.2 Å². The minimum Gasteiger partial charge on any atom is -0.317 e. The second-order valence-electron chi connectivity index (χ2n) is 6.36. The molecule has 4 nitrogen and oxygen atoms in total. The molecule has 1 aromatic carbocycles. The van der Waals surface area contributed by atoms with Gasteiger partial charge in [0.05, 0.1) is 5.54 Å². The lowest BCUT2D eigenvalue weighted by Gasteiger charge is -2.36. The van der Waals surface area contributed by atoms with Crippen molar-refractivity contribution in [3.05, 3.63) is 60.2 Å². The fourth-order valence-electron chi connectivity index (χ4n) is 2.47. The molecule has 2 rings (SSSR count). The van der Waals surface area contributed by atoms with Crippen molar-refractivity contribution in [2.45, 2.75) is 37.1 Å². The molecule has 0 bridgehead atoms. The molecule has 0 aromatic heterocycles. The Kier molecular flexibility index (Phi) is 4.10. The van der Waals surface area contributed by atoms with Crippen molar-refractivity contribution in [2.75, 3.05) is 0 Å². The van der Waals surface area contributed by atoms with E-state index < -0.39 is 26.4 Å². The van der Waals surface area contributed by atoms with Gasteiger partial charge in [-0.1, -0.05) is 54.6 Å². The molecule has 0 saturated carbocycles. The lowest BCUT2D eigenvalue weighted by Crippen LogP contribution is -2.56. The average Bonchev–Trinajstić information content (AvgIpc) is 2.37. The number of nitrogens with one attached hydrogen (secondary N) is 1. The summed E-state index contributed by atoms with van der Waals surface area (Å²) in [7, 11) is -3.61. The van der Waals surface area contributed by atoms with Gasteiger partial charge in [0.1, 0.15) is 5.25 Å². The summed E-state index contributed by atoms with van der Waals surface area (Å²) < 4.78 is 28.1. The first-order valence-corrected chi connectivity index (χ1v) is 8.43. The predicted octanol–water partition coefficient (Wildman–Crippen LogP) is 2.05. The molecule has 0 radical (unpaired) electrons. The summed E-state index contributed by atoms with van der Waals surface area (Å²) in [6, 6.07) is 9.30. The van der Waals surface area contributed by atoms with E-state index in [9.17, 15) is 8.42 Å². The average molecular weight is 306 g/mol. The molecule has 114 valence electrons. The van der Waals surface area contributed by atoms with Crippen LogP contribution in [0.5, 0.6) is 0 Å². The molecular weight excluding hydrogens is 284 g/mol. The molecule has 0 spiro atoms. The van der Waals surface area contributed by atoms with E-state index in [1.165, 1.54) is 0 Å². The van der Waals surface area contributed by atoms with Crippen LogP contribution in [-0.2, 0) is 15.6 Å². The second kappa shape index (κ2) is 5.40. The van der Waals surface area contributed by atoms with Gasteiger partial charge in [-0.15, -0.1) is 0 Å². The molecule has 1 aliphatic rings. The molecule has 5 heteroatoms. The van der Waals surface area contributed by atoms with Crippen molar-refractivity contribution in [1.29, 1.82) is 0 Å². The Balaban J connectivity index is 2.47. The van der Waals surface area contributed by atoms with Crippen LogP contribution in [-0.4, -0.2) is 19.2 Å². The van der Waals surface area contributed by atoms with Crippen LogP contribution < -0.4 is 10.5 Å². The number of benzene rings is 1. The van der Waals surface area contributed by atoms with Gasteiger partial charge in [-0.05, 0) is 26.3 Å². The lowest BCUT2D eigenvalue weighted by atomic mass is 9.84. The summed E-state index contributed by atoms with van der Waals surface area (Å²) in [6.07, 6.45) is 6.90. The molecule has 2 atom stereocenters. The van der Waals surface area contributed by atoms with Crippen LogP contribution in [0.3, 0.4) is 0 Å². The van der Waals surface area contributed by atoms with Crippen LogP contribution in [0.1, 0.15) is 26.3 Å². The summed E-state index contributed by atoms with van der Waals surface area (Å²) in [5.74, 6) is 0. The molecule has 0 aliphatic heterocycles. The van der Waals surface area contributed by atoms with Gasteiger partial charge < -0.3 is 5.73 Å². The van der Waals surface area contributed by atoms with E-state index in [4.69, 9.17) is 5.73 Å². The first-order chi connectivity index (χ1) is 9.65. The Morgan fingerprint density at radius 2 is 1.76 bits per heavy atom. The summed E-state index contributed by atoms with van der Waals surface area (Å²) in [5.41, 5.74) is 5.62. The Labute approximate surface area is 126 Å². The van der Waals surface area contributed by atoms with Crippen molar-refractivity contribution >= 4 is 10.0 Å². The summed E-state index contributed by atoms with van der Waals surface area (Å²) >= 11 is 0. The molecule has 1 aromatic rings. The molecule has 3 N–H and O–H groups in total. The Hall–Kier alpha value is -1.43. The molecule has 0 saturated heterocycles. The highest BCUT2D eigenvalue weighted by Gasteiger charge is 2.43. The molecule has 0 amide bonds. The maximum absolute atomic E-state index is 12.7. The van der Waals surface area contributed by atoms with Crippen LogP contribution >= 0.6 is 0 Å². The van der Waals surface area contributed by atoms with Crippen LogP contribution in [0.15, 0.2) is 54.6 Å². The van der Waals surface area contributed by atoms with E-state index in [1.807, 2.05) is 51.1 Å². The first kappa shape index (κ1) is 15.9. The van der Waals surface area contributed by atoms with Crippen molar-refractivity contribution in [3.63, 3.8) is 0 Å². The summed E-state index contributed by atoms with van der Waals surface area (Å²) in [5, 5.41) is -0.850. The van der Waals surface area contributed by atoms with Gasteiger partial charge in [-0.3, -0.25) is 0 Å².